The second-order valence-corrected chi connectivity index (χ2v) is 12.1. The van der Waals surface area contributed by atoms with Gasteiger partial charge >= 0.3 is 0 Å². The highest BCUT2D eigenvalue weighted by atomic mass is 35.5. The molecule has 0 unspecified atom stereocenters. The van der Waals surface area contributed by atoms with E-state index in [4.69, 9.17) is 11.6 Å². The lowest BCUT2D eigenvalue weighted by atomic mass is 10.2. The molecule has 0 heterocycles. The van der Waals surface area contributed by atoms with Crippen LogP contribution in [0.3, 0.4) is 0 Å². The van der Waals surface area contributed by atoms with Crippen molar-refractivity contribution in [1.29, 1.82) is 0 Å². The van der Waals surface area contributed by atoms with Gasteiger partial charge in [0.05, 0.1) is 15.6 Å². The van der Waals surface area contributed by atoms with Crippen LogP contribution in [0.4, 0.5) is 4.39 Å². The molecule has 0 aliphatic rings. The minimum absolute atomic E-state index is 0.000787. The van der Waals surface area contributed by atoms with Crippen molar-refractivity contribution < 1.29 is 4.39 Å². The first-order valence-electron chi connectivity index (χ1n) is 6.16. The average molecular weight is 289 g/mol. The second kappa shape index (κ2) is 5.10. The van der Waals surface area contributed by atoms with Crippen molar-refractivity contribution in [3.8, 4) is 0 Å². The smallest absolute Gasteiger partial charge is 0.127 e. The summed E-state index contributed by atoms with van der Waals surface area (Å²) in [5.74, 6) is -0.191. The van der Waals surface area contributed by atoms with E-state index in [9.17, 15) is 4.39 Å². The van der Waals surface area contributed by atoms with Gasteiger partial charge in [-0.05, 0) is 53.7 Å². The van der Waals surface area contributed by atoms with Gasteiger partial charge in [-0.15, -0.1) is 0 Å². The Morgan fingerprint density at radius 1 is 1.06 bits per heavy atom. The fourth-order valence-electron chi connectivity index (χ4n) is 2.83. The van der Waals surface area contributed by atoms with Crippen molar-refractivity contribution in [2.45, 2.75) is 51.9 Å². The third-order valence-corrected chi connectivity index (χ3v) is 9.97. The lowest BCUT2D eigenvalue weighted by molar-refractivity contribution is 0.628. The summed E-state index contributed by atoms with van der Waals surface area (Å²) < 4.78 is 13.6. The van der Waals surface area contributed by atoms with Gasteiger partial charge in [0, 0.05) is 6.07 Å². The van der Waals surface area contributed by atoms with E-state index in [-0.39, 0.29) is 16.1 Å². The molecule has 0 saturated heterocycles. The molecule has 0 atom stereocenters. The van der Waals surface area contributed by atoms with Gasteiger partial charge in [-0.25, -0.2) is 4.39 Å². The summed E-state index contributed by atoms with van der Waals surface area (Å²) in [5, 5.41) is 1.04. The number of halogens is 2. The lowest BCUT2D eigenvalue weighted by Crippen LogP contribution is -2.39. The zero-order chi connectivity index (χ0) is 14.2. The Labute approximate surface area is 116 Å². The van der Waals surface area contributed by atoms with Crippen LogP contribution in [-0.4, -0.2) is 10.3 Å². The molecule has 0 N–H and O–H groups in total. The van der Waals surface area contributed by atoms with Gasteiger partial charge in [-0.3, -0.25) is 0 Å². The normalized spacial score (nSPS) is 13.8. The van der Waals surface area contributed by atoms with E-state index in [2.05, 4.69) is 41.5 Å². The maximum atomic E-state index is 13.6. The van der Waals surface area contributed by atoms with Crippen LogP contribution < -0.4 is 5.30 Å². The Bertz CT molecular complexity index is 401. The average Bonchev–Trinajstić information content (AvgIpc) is 2.14. The van der Waals surface area contributed by atoms with Crippen molar-refractivity contribution >= 4 is 24.2 Å². The van der Waals surface area contributed by atoms with E-state index in [1.54, 1.807) is 12.1 Å². The fourth-order valence-corrected chi connectivity index (χ4v) is 9.83. The predicted molar refractivity (Wildman–Crippen MR) is 82.6 cm³/mol. The molecular weight excluding hydrogens is 266 g/mol. The highest BCUT2D eigenvalue weighted by Crippen LogP contribution is 2.78. The Kier molecular flexibility index (Phi) is 4.51. The number of benzene rings is 1. The Hall–Kier alpha value is -0.130. The first-order valence-corrected chi connectivity index (χ1v) is 8.45. The third-order valence-electron chi connectivity index (χ3n) is 3.48. The first kappa shape index (κ1) is 15.9. The topological polar surface area (TPSA) is 0 Å². The molecule has 0 bridgehead atoms. The van der Waals surface area contributed by atoms with Crippen molar-refractivity contribution in [3.63, 3.8) is 0 Å². The van der Waals surface area contributed by atoms with Gasteiger partial charge in [0.2, 0.25) is 0 Å². The van der Waals surface area contributed by atoms with E-state index in [1.807, 2.05) is 11.7 Å². The van der Waals surface area contributed by atoms with Crippen LogP contribution in [0.5, 0.6) is 0 Å². The van der Waals surface area contributed by atoms with E-state index >= 15 is 0 Å². The molecule has 3 heteroatoms. The molecule has 1 aromatic rings. The molecule has 0 aromatic heterocycles. The summed E-state index contributed by atoms with van der Waals surface area (Å²) in [5.41, 5.74) is 1.82. The van der Waals surface area contributed by atoms with Gasteiger partial charge < -0.3 is 11.6 Å². The Morgan fingerprint density at radius 2 is 1.56 bits per heavy atom. The molecule has 0 spiro atoms. The van der Waals surface area contributed by atoms with Crippen molar-refractivity contribution in [1.82, 2.24) is 0 Å². The molecule has 0 fully saturated rings. The van der Waals surface area contributed by atoms with Crippen LogP contribution in [0, 0.1) is 11.4 Å². The monoisotopic (exact) mass is 288 g/mol. The Morgan fingerprint density at radius 3 is 1.89 bits per heavy atom. The zero-order valence-electron chi connectivity index (χ0n) is 12.1. The minimum Gasteiger partial charge on any atom is -0.304 e. The number of hydrogen-bond donors (Lipinski definition) is 0. The van der Waals surface area contributed by atoms with E-state index in [1.165, 1.54) is 6.07 Å². The van der Waals surface area contributed by atoms with Crippen molar-refractivity contribution in [2.24, 2.45) is 0 Å². The second-order valence-electron chi connectivity index (χ2n) is 6.64. The van der Waals surface area contributed by atoms with Gasteiger partial charge in [0.25, 0.3) is 0 Å². The molecular formula is C15H23ClFP. The quantitative estimate of drug-likeness (QED) is 0.503. The van der Waals surface area contributed by atoms with Gasteiger partial charge in [0.1, 0.15) is 5.82 Å². The number of rotatable bonds is 2. The van der Waals surface area contributed by atoms with Crippen LogP contribution in [0.2, 0.25) is 0 Å². The maximum Gasteiger partial charge on any atom is 0.127 e. The molecule has 0 saturated carbocycles. The maximum absolute atomic E-state index is 13.6. The summed E-state index contributed by atoms with van der Waals surface area (Å²) in [4.78, 5) is 0. The molecule has 0 aliphatic carbocycles. The lowest BCUT2D eigenvalue weighted by Gasteiger charge is -2.52. The van der Waals surface area contributed by atoms with Crippen molar-refractivity contribution in [3.05, 3.63) is 35.7 Å². The van der Waals surface area contributed by atoms with Gasteiger partial charge in [0.15, 0.2) is 0 Å². The van der Waals surface area contributed by atoms with Crippen LogP contribution >= 0.6 is 18.9 Å². The van der Waals surface area contributed by atoms with Gasteiger partial charge in [-0.2, -0.15) is 0 Å². The molecule has 18 heavy (non-hydrogen) atoms. The van der Waals surface area contributed by atoms with Gasteiger partial charge in [-0.1, -0.05) is 18.9 Å². The zero-order valence-corrected chi connectivity index (χ0v) is 13.7. The predicted octanol–water partition coefficient (Wildman–Crippen LogP) is 5.42. The SMILES string of the molecule is CC(C)(C)[P+]([CH-]Cl)(c1cccc(F)c1)C(C)(C)C. The molecule has 1 aromatic carbocycles. The standard InChI is InChI=1S/C15H23ClFP/c1-14(2,3)18(11-16,15(4,5)6)13-9-7-8-12(17)10-13/h7-11H,1-6H3. The van der Waals surface area contributed by atoms with Crippen LogP contribution in [0.25, 0.3) is 0 Å². The number of hydrogen-bond acceptors (Lipinski definition) is 0. The first-order chi connectivity index (χ1) is 8.06. The summed E-state index contributed by atoms with van der Waals surface area (Å²) >= 11 is 6.28. The summed E-state index contributed by atoms with van der Waals surface area (Å²) in [6.07, 6.45) is 0. The molecule has 0 aliphatic heterocycles. The molecule has 1 rings (SSSR count). The minimum atomic E-state index is -1.82. The molecule has 102 valence electrons. The van der Waals surface area contributed by atoms with Crippen LogP contribution in [0.15, 0.2) is 24.3 Å². The van der Waals surface area contributed by atoms with Crippen LogP contribution in [0.1, 0.15) is 41.5 Å². The fraction of sp³-hybridized carbons (Fsp3) is 0.533. The van der Waals surface area contributed by atoms with E-state index in [0.29, 0.717) is 0 Å². The van der Waals surface area contributed by atoms with Crippen molar-refractivity contribution in [2.75, 3.05) is 0 Å². The largest absolute Gasteiger partial charge is 0.304 e. The van der Waals surface area contributed by atoms with E-state index < -0.39 is 7.26 Å². The summed E-state index contributed by atoms with van der Waals surface area (Å²) in [6.45, 7) is 13.1. The van der Waals surface area contributed by atoms with Crippen LogP contribution in [-0.2, 0) is 0 Å². The molecule has 0 nitrogen and oxygen atoms in total. The summed E-state index contributed by atoms with van der Waals surface area (Å²) in [6, 6.07) is 6.91. The highest BCUT2D eigenvalue weighted by Gasteiger charge is 2.52. The Balaban J connectivity index is 3.56. The third kappa shape index (κ3) is 2.58. The van der Waals surface area contributed by atoms with E-state index in [0.717, 1.165) is 5.30 Å². The molecule has 0 amide bonds. The summed E-state index contributed by atoms with van der Waals surface area (Å²) in [7, 11) is -1.82. The highest BCUT2D eigenvalue weighted by molar-refractivity contribution is 7.88. The molecule has 0 radical (unpaired) electrons.